The summed E-state index contributed by atoms with van der Waals surface area (Å²) >= 11 is 0. The van der Waals surface area contributed by atoms with Crippen molar-refractivity contribution in [1.82, 2.24) is 10.6 Å². The molecule has 2 N–H and O–H groups in total. The number of halogens is 2. The lowest BCUT2D eigenvalue weighted by molar-refractivity contribution is 0.122. The molecule has 152 valence electrons. The first-order valence-corrected chi connectivity index (χ1v) is 9.27. The normalized spacial score (nSPS) is 14.4. The summed E-state index contributed by atoms with van der Waals surface area (Å²) < 4.78 is 18.8. The maximum absolute atomic E-state index is 13.4. The van der Waals surface area contributed by atoms with Crippen LogP contribution in [0.4, 0.5) is 10.1 Å². The van der Waals surface area contributed by atoms with Crippen molar-refractivity contribution < 1.29 is 9.13 Å². The fourth-order valence-electron chi connectivity index (χ4n) is 3.06. The molecule has 1 aliphatic rings. The predicted molar refractivity (Wildman–Crippen MR) is 123 cm³/mol. The van der Waals surface area contributed by atoms with Crippen LogP contribution in [0, 0.1) is 12.7 Å². The summed E-state index contributed by atoms with van der Waals surface area (Å²) in [4.78, 5) is 6.59. The van der Waals surface area contributed by atoms with Crippen LogP contribution in [0.15, 0.2) is 47.5 Å². The number of aliphatic imine (C=N–C) groups is 1. The second-order valence-corrected chi connectivity index (χ2v) is 6.63. The Hall–Kier alpha value is -1.87. The van der Waals surface area contributed by atoms with Crippen molar-refractivity contribution in [2.24, 2.45) is 4.99 Å². The molecule has 0 saturated carbocycles. The van der Waals surface area contributed by atoms with E-state index >= 15 is 0 Å². The van der Waals surface area contributed by atoms with Gasteiger partial charge in [0.25, 0.3) is 0 Å². The van der Waals surface area contributed by atoms with Gasteiger partial charge in [0.2, 0.25) is 0 Å². The highest BCUT2D eigenvalue weighted by atomic mass is 127. The molecule has 2 aromatic rings. The van der Waals surface area contributed by atoms with Gasteiger partial charge < -0.3 is 20.3 Å². The third-order valence-corrected chi connectivity index (χ3v) is 4.68. The Kier molecular flexibility index (Phi) is 8.98. The zero-order chi connectivity index (χ0) is 19.1. The first-order chi connectivity index (χ1) is 13.2. The Labute approximate surface area is 183 Å². The molecule has 0 unspecified atom stereocenters. The largest absolute Gasteiger partial charge is 0.378 e. The molecule has 3 rings (SSSR count). The number of hydrogen-bond acceptors (Lipinski definition) is 3. The van der Waals surface area contributed by atoms with E-state index in [9.17, 15) is 4.39 Å². The van der Waals surface area contributed by atoms with E-state index < -0.39 is 0 Å². The molecule has 7 heteroatoms. The maximum atomic E-state index is 13.4. The van der Waals surface area contributed by atoms with Crippen LogP contribution in [0.2, 0.25) is 0 Å². The van der Waals surface area contributed by atoms with E-state index in [4.69, 9.17) is 4.74 Å². The molecule has 0 amide bonds. The van der Waals surface area contributed by atoms with Gasteiger partial charge in [-0.2, -0.15) is 0 Å². The van der Waals surface area contributed by atoms with Crippen molar-refractivity contribution >= 4 is 35.6 Å². The van der Waals surface area contributed by atoms with Crippen molar-refractivity contribution in [1.29, 1.82) is 0 Å². The molecule has 5 nitrogen and oxygen atoms in total. The minimum Gasteiger partial charge on any atom is -0.378 e. The van der Waals surface area contributed by atoms with E-state index in [0.29, 0.717) is 24.6 Å². The van der Waals surface area contributed by atoms with Crippen LogP contribution in [0.3, 0.4) is 0 Å². The smallest absolute Gasteiger partial charge is 0.191 e. The van der Waals surface area contributed by atoms with Gasteiger partial charge in [-0.05, 0) is 41.8 Å². The molecule has 0 spiro atoms. The number of morpholine rings is 1. The minimum absolute atomic E-state index is 0. The summed E-state index contributed by atoms with van der Waals surface area (Å²) in [6.45, 7) is 6.51. The van der Waals surface area contributed by atoms with E-state index in [1.54, 1.807) is 20.0 Å². The third kappa shape index (κ3) is 6.34. The van der Waals surface area contributed by atoms with Crippen molar-refractivity contribution in [3.8, 4) is 0 Å². The lowest BCUT2D eigenvalue weighted by Crippen LogP contribution is -2.36. The Balaban J connectivity index is 0.00000280. The Morgan fingerprint density at radius 2 is 1.64 bits per heavy atom. The molecule has 28 heavy (non-hydrogen) atoms. The van der Waals surface area contributed by atoms with Crippen LogP contribution in [0.1, 0.15) is 16.7 Å². The molecule has 1 fully saturated rings. The number of guanidine groups is 1. The van der Waals surface area contributed by atoms with Gasteiger partial charge in [-0.15, -0.1) is 24.0 Å². The minimum atomic E-state index is -0.179. The van der Waals surface area contributed by atoms with Gasteiger partial charge in [-0.3, -0.25) is 4.99 Å². The highest BCUT2D eigenvalue weighted by molar-refractivity contribution is 14.0. The van der Waals surface area contributed by atoms with E-state index in [0.717, 1.165) is 31.9 Å². The van der Waals surface area contributed by atoms with Crippen LogP contribution < -0.4 is 15.5 Å². The molecule has 1 heterocycles. The van der Waals surface area contributed by atoms with Gasteiger partial charge in [0.1, 0.15) is 5.82 Å². The van der Waals surface area contributed by atoms with E-state index in [1.165, 1.54) is 17.3 Å². The fraction of sp³-hybridized carbons (Fsp3) is 0.381. The zero-order valence-corrected chi connectivity index (χ0v) is 18.7. The topological polar surface area (TPSA) is 48.9 Å². The molecule has 0 radical (unpaired) electrons. The summed E-state index contributed by atoms with van der Waals surface area (Å²) in [6.07, 6.45) is 0. The predicted octanol–water partition coefficient (Wildman–Crippen LogP) is 3.45. The summed E-state index contributed by atoms with van der Waals surface area (Å²) in [7, 11) is 1.74. The molecule has 1 saturated heterocycles. The maximum Gasteiger partial charge on any atom is 0.191 e. The van der Waals surface area contributed by atoms with Crippen molar-refractivity contribution in [2.45, 2.75) is 20.0 Å². The lowest BCUT2D eigenvalue weighted by Gasteiger charge is -2.28. The monoisotopic (exact) mass is 498 g/mol. The molecule has 2 aromatic carbocycles. The number of nitrogens with zero attached hydrogens (tertiary/aromatic N) is 2. The zero-order valence-electron chi connectivity index (χ0n) is 16.4. The van der Waals surface area contributed by atoms with Gasteiger partial charge in [-0.25, -0.2) is 4.39 Å². The Morgan fingerprint density at radius 1 is 1.04 bits per heavy atom. The first kappa shape index (κ1) is 22.4. The number of nitrogens with one attached hydrogen (secondary N) is 2. The molecule has 0 atom stereocenters. The van der Waals surface area contributed by atoms with Crippen LogP contribution in [-0.2, 0) is 17.8 Å². The number of benzene rings is 2. The molecule has 0 bridgehead atoms. The van der Waals surface area contributed by atoms with Gasteiger partial charge in [-0.1, -0.05) is 24.3 Å². The standard InChI is InChI=1S/C21H27FN4O.HI/c1-16-13-18(5-8-20(16)22)15-25-21(23-2)24-14-17-3-6-19(7-4-17)26-9-11-27-12-10-26;/h3-8,13H,9-12,14-15H2,1-2H3,(H2,23,24,25);1H. The van der Waals surface area contributed by atoms with Gasteiger partial charge in [0.15, 0.2) is 5.96 Å². The second-order valence-electron chi connectivity index (χ2n) is 6.63. The fourth-order valence-corrected chi connectivity index (χ4v) is 3.06. The molecular formula is C21H28FIN4O. The average molecular weight is 498 g/mol. The van der Waals surface area contributed by atoms with Gasteiger partial charge in [0, 0.05) is 38.9 Å². The van der Waals surface area contributed by atoms with Crippen molar-refractivity contribution in [2.75, 3.05) is 38.3 Å². The summed E-state index contributed by atoms with van der Waals surface area (Å²) in [5, 5.41) is 6.57. The SMILES string of the molecule is CN=C(NCc1ccc(N2CCOCC2)cc1)NCc1ccc(F)c(C)c1.I. The summed E-state index contributed by atoms with van der Waals surface area (Å²) in [5.74, 6) is 0.538. The molecular weight excluding hydrogens is 470 g/mol. The first-order valence-electron chi connectivity index (χ1n) is 9.27. The number of ether oxygens (including phenoxy) is 1. The Bertz CT molecular complexity index is 776. The third-order valence-electron chi connectivity index (χ3n) is 4.68. The number of anilines is 1. The number of hydrogen-bond donors (Lipinski definition) is 2. The van der Waals surface area contributed by atoms with E-state index in [1.807, 2.05) is 6.07 Å². The lowest BCUT2D eigenvalue weighted by atomic mass is 10.1. The quantitative estimate of drug-likeness (QED) is 0.377. The highest BCUT2D eigenvalue weighted by Gasteiger charge is 2.10. The van der Waals surface area contributed by atoms with Crippen LogP contribution >= 0.6 is 24.0 Å². The van der Waals surface area contributed by atoms with Crippen LogP contribution in [0.5, 0.6) is 0 Å². The summed E-state index contributed by atoms with van der Waals surface area (Å²) in [6, 6.07) is 13.7. The highest BCUT2D eigenvalue weighted by Crippen LogP contribution is 2.16. The summed E-state index contributed by atoms with van der Waals surface area (Å²) in [5.41, 5.74) is 4.09. The molecule has 1 aliphatic heterocycles. The number of rotatable bonds is 5. The molecule has 0 aromatic heterocycles. The second kappa shape index (κ2) is 11.2. The van der Waals surface area contributed by atoms with Gasteiger partial charge in [0.05, 0.1) is 13.2 Å². The van der Waals surface area contributed by atoms with Crippen LogP contribution in [0.25, 0.3) is 0 Å². The average Bonchev–Trinajstić information content (AvgIpc) is 2.72. The number of aryl methyl sites for hydroxylation is 1. The van der Waals surface area contributed by atoms with E-state index in [2.05, 4.69) is 44.8 Å². The van der Waals surface area contributed by atoms with Crippen molar-refractivity contribution in [3.05, 3.63) is 65.0 Å². The van der Waals surface area contributed by atoms with Crippen molar-refractivity contribution in [3.63, 3.8) is 0 Å². The van der Waals surface area contributed by atoms with Crippen LogP contribution in [-0.4, -0.2) is 39.3 Å². The van der Waals surface area contributed by atoms with Gasteiger partial charge >= 0.3 is 0 Å². The molecule has 0 aliphatic carbocycles. The van der Waals surface area contributed by atoms with E-state index in [-0.39, 0.29) is 29.8 Å². The Morgan fingerprint density at radius 3 is 2.25 bits per heavy atom.